The van der Waals surface area contributed by atoms with Gasteiger partial charge in [-0.25, -0.2) is 0 Å². The highest BCUT2D eigenvalue weighted by molar-refractivity contribution is 6.99. The van der Waals surface area contributed by atoms with Gasteiger partial charge >= 0.3 is 0 Å². The molecule has 0 spiro atoms. The maximum Gasteiger partial charge on any atom is 0.261 e. The predicted molar refractivity (Wildman–Crippen MR) is 146 cm³/mol. The molecule has 1 aliphatic rings. The molecule has 2 atom stereocenters. The van der Waals surface area contributed by atoms with Crippen LogP contribution in [0.5, 0.6) is 0 Å². The van der Waals surface area contributed by atoms with Crippen molar-refractivity contribution in [3.8, 4) is 0 Å². The van der Waals surface area contributed by atoms with Gasteiger partial charge in [0, 0.05) is 18.6 Å². The van der Waals surface area contributed by atoms with Gasteiger partial charge in [-0.2, -0.15) is 0 Å². The van der Waals surface area contributed by atoms with E-state index in [1.54, 1.807) is 0 Å². The predicted octanol–water partition coefficient (Wildman–Crippen LogP) is 6.16. The van der Waals surface area contributed by atoms with Crippen LogP contribution in [0, 0.1) is 0 Å². The van der Waals surface area contributed by atoms with Crippen LogP contribution < -0.4 is 10.4 Å². The Morgan fingerprint density at radius 3 is 1.89 bits per heavy atom. The van der Waals surface area contributed by atoms with E-state index in [9.17, 15) is 4.79 Å². The number of rotatable bonds is 9. The summed E-state index contributed by atoms with van der Waals surface area (Å²) in [6, 6.07) is 31.1. The smallest absolute Gasteiger partial charge is 0.261 e. The first-order chi connectivity index (χ1) is 16.9. The quantitative estimate of drug-likeness (QED) is 0.268. The Balaban J connectivity index is 1.45. The van der Waals surface area contributed by atoms with E-state index in [-0.39, 0.29) is 23.0 Å². The van der Waals surface area contributed by atoms with Crippen LogP contribution in [0.15, 0.2) is 91.0 Å². The van der Waals surface area contributed by atoms with E-state index in [0.717, 1.165) is 31.2 Å². The molecule has 184 valence electrons. The second kappa shape index (κ2) is 11.5. The first-order valence-corrected chi connectivity index (χ1v) is 14.8. The van der Waals surface area contributed by atoms with Gasteiger partial charge in [0.1, 0.15) is 0 Å². The number of hydrogen-bond donors (Lipinski definition) is 0. The van der Waals surface area contributed by atoms with Crippen LogP contribution in [0.3, 0.4) is 0 Å². The highest BCUT2D eigenvalue weighted by Crippen LogP contribution is 2.37. The highest BCUT2D eigenvalue weighted by atomic mass is 28.4. The molecule has 3 nitrogen and oxygen atoms in total. The minimum Gasteiger partial charge on any atom is -0.407 e. The van der Waals surface area contributed by atoms with Gasteiger partial charge in [-0.3, -0.25) is 4.79 Å². The van der Waals surface area contributed by atoms with Crippen LogP contribution in [0.4, 0.5) is 0 Å². The zero-order valence-corrected chi connectivity index (χ0v) is 22.3. The van der Waals surface area contributed by atoms with Gasteiger partial charge in [0.15, 0.2) is 5.78 Å². The summed E-state index contributed by atoms with van der Waals surface area (Å²) in [6.07, 6.45) is 4.50. The van der Waals surface area contributed by atoms with Crippen LogP contribution in [0.2, 0.25) is 5.04 Å². The van der Waals surface area contributed by atoms with Crippen molar-refractivity contribution in [2.75, 3.05) is 6.61 Å². The normalized spacial score (nSPS) is 18.8. The van der Waals surface area contributed by atoms with Crippen LogP contribution in [0.1, 0.15) is 63.2 Å². The Hall–Kier alpha value is -2.53. The Labute approximate surface area is 211 Å². The summed E-state index contributed by atoms with van der Waals surface area (Å²) >= 11 is 0. The number of Topliss-reactive ketones (excluding diaryl/α,β-unsaturated/α-hetero) is 1. The molecule has 4 heteroatoms. The van der Waals surface area contributed by atoms with Crippen molar-refractivity contribution in [2.45, 2.75) is 70.1 Å². The molecule has 0 aliphatic carbocycles. The summed E-state index contributed by atoms with van der Waals surface area (Å²) in [7, 11) is -2.53. The molecule has 1 saturated heterocycles. The Kier molecular flexibility index (Phi) is 8.37. The lowest BCUT2D eigenvalue weighted by Gasteiger charge is -2.43. The molecule has 0 unspecified atom stereocenters. The molecule has 35 heavy (non-hydrogen) atoms. The number of carbonyl (C=O) groups excluding carboxylic acids is 1. The third-order valence-electron chi connectivity index (χ3n) is 7.12. The van der Waals surface area contributed by atoms with Gasteiger partial charge in [-0.15, -0.1) is 0 Å². The van der Waals surface area contributed by atoms with Crippen molar-refractivity contribution in [1.82, 2.24) is 0 Å². The van der Waals surface area contributed by atoms with Crippen molar-refractivity contribution in [3.05, 3.63) is 96.6 Å². The zero-order valence-electron chi connectivity index (χ0n) is 21.3. The fourth-order valence-electron chi connectivity index (χ4n) is 5.40. The fraction of sp³-hybridized carbons (Fsp3) is 0.387. The van der Waals surface area contributed by atoms with Crippen molar-refractivity contribution >= 4 is 24.5 Å². The van der Waals surface area contributed by atoms with E-state index in [4.69, 9.17) is 9.16 Å². The van der Waals surface area contributed by atoms with E-state index < -0.39 is 8.32 Å². The second-order valence-corrected chi connectivity index (χ2v) is 14.9. The molecule has 0 radical (unpaired) electrons. The number of hydrogen-bond acceptors (Lipinski definition) is 3. The number of carbonyl (C=O) groups is 1. The lowest BCUT2D eigenvalue weighted by atomic mass is 9.97. The van der Waals surface area contributed by atoms with Crippen molar-refractivity contribution in [2.24, 2.45) is 0 Å². The Bertz CT molecular complexity index is 1020. The summed E-state index contributed by atoms with van der Waals surface area (Å²) < 4.78 is 13.5. The Morgan fingerprint density at radius 1 is 0.829 bits per heavy atom. The molecule has 0 saturated carbocycles. The van der Waals surface area contributed by atoms with Gasteiger partial charge in [-0.1, -0.05) is 112 Å². The van der Waals surface area contributed by atoms with Gasteiger partial charge in [0.2, 0.25) is 0 Å². The lowest BCUT2D eigenvalue weighted by molar-refractivity contribution is -0.0567. The van der Waals surface area contributed by atoms with Crippen molar-refractivity contribution in [1.29, 1.82) is 0 Å². The van der Waals surface area contributed by atoms with E-state index in [1.807, 2.05) is 30.3 Å². The monoisotopic (exact) mass is 486 g/mol. The minimum absolute atomic E-state index is 0.00526. The average Bonchev–Trinajstić information content (AvgIpc) is 2.88. The molecule has 0 amide bonds. The van der Waals surface area contributed by atoms with Crippen LogP contribution in [0.25, 0.3) is 0 Å². The summed E-state index contributed by atoms with van der Waals surface area (Å²) in [5.41, 5.74) is 0.772. The van der Waals surface area contributed by atoms with Crippen molar-refractivity contribution < 1.29 is 14.0 Å². The maximum absolute atomic E-state index is 12.7. The topological polar surface area (TPSA) is 35.5 Å². The fourth-order valence-corrected chi connectivity index (χ4v) is 9.98. The van der Waals surface area contributed by atoms with Crippen molar-refractivity contribution in [3.63, 3.8) is 0 Å². The number of ether oxygens (including phenoxy) is 1. The summed E-state index contributed by atoms with van der Waals surface area (Å²) in [6.45, 7) is 7.57. The zero-order chi connectivity index (χ0) is 24.7. The molecule has 4 rings (SSSR count). The molecular formula is C31H38O3Si. The van der Waals surface area contributed by atoms with Gasteiger partial charge in [0.25, 0.3) is 8.32 Å². The van der Waals surface area contributed by atoms with E-state index >= 15 is 0 Å². The van der Waals surface area contributed by atoms with Gasteiger partial charge < -0.3 is 9.16 Å². The van der Waals surface area contributed by atoms with Crippen LogP contribution >= 0.6 is 0 Å². The SMILES string of the molecule is CC(C)(C)[Si](OCC[C@@H]1CCC[C@H](CC(=O)c2ccccc2)O1)(c1ccccc1)c1ccccc1. The van der Waals surface area contributed by atoms with Crippen LogP contribution in [-0.4, -0.2) is 32.9 Å². The standard InChI is InChI=1S/C31H38O3Si/c1-31(2,3)35(28-18-9-5-10-19-28,29-20-11-6-12-21-29)33-23-22-26-16-13-17-27(34-26)24-30(32)25-14-7-4-8-15-25/h4-12,14-15,18-21,26-27H,13,16-17,22-24H2,1-3H3/t26-,27+/m0/s1. The third kappa shape index (κ3) is 6.00. The average molecular weight is 487 g/mol. The minimum atomic E-state index is -2.53. The van der Waals surface area contributed by atoms with E-state index in [0.29, 0.717) is 13.0 Å². The number of ketones is 1. The molecule has 0 aromatic heterocycles. The third-order valence-corrected chi connectivity index (χ3v) is 12.2. The van der Waals surface area contributed by atoms with Crippen LogP contribution in [-0.2, 0) is 9.16 Å². The van der Waals surface area contributed by atoms with E-state index in [2.05, 4.69) is 81.4 Å². The summed E-state index contributed by atoms with van der Waals surface area (Å²) in [5, 5.41) is 2.57. The molecule has 1 heterocycles. The molecule has 1 aliphatic heterocycles. The molecule has 1 fully saturated rings. The largest absolute Gasteiger partial charge is 0.407 e. The first kappa shape index (κ1) is 25.6. The molecule has 3 aromatic carbocycles. The highest BCUT2D eigenvalue weighted by Gasteiger charge is 2.50. The molecule has 0 bridgehead atoms. The Morgan fingerprint density at radius 2 is 1.34 bits per heavy atom. The molecule has 0 N–H and O–H groups in total. The second-order valence-electron chi connectivity index (χ2n) is 10.6. The summed E-state index contributed by atoms with van der Waals surface area (Å²) in [5.74, 6) is 0.166. The molecular weight excluding hydrogens is 448 g/mol. The number of benzene rings is 3. The summed E-state index contributed by atoms with van der Waals surface area (Å²) in [4.78, 5) is 12.7. The molecule has 3 aromatic rings. The lowest BCUT2D eigenvalue weighted by Crippen LogP contribution is -2.66. The van der Waals surface area contributed by atoms with E-state index in [1.165, 1.54) is 10.4 Å². The maximum atomic E-state index is 12.7. The first-order valence-electron chi connectivity index (χ1n) is 12.9. The van der Waals surface area contributed by atoms with Gasteiger partial charge in [0.05, 0.1) is 12.2 Å². The van der Waals surface area contributed by atoms with Gasteiger partial charge in [-0.05, 0) is 41.1 Å².